The minimum atomic E-state index is 0.336. The number of likely N-dealkylation sites (tertiary alicyclic amines) is 1. The number of hydrogen-bond donors (Lipinski definition) is 1. The maximum atomic E-state index is 9.59. The first-order chi connectivity index (χ1) is 8.97. The van der Waals surface area contributed by atoms with Gasteiger partial charge < -0.3 is 10.0 Å². The molecule has 0 aromatic heterocycles. The summed E-state index contributed by atoms with van der Waals surface area (Å²) in [4.78, 5) is 4.83. The van der Waals surface area contributed by atoms with Crippen molar-refractivity contribution >= 4 is 15.9 Å². The Morgan fingerprint density at radius 3 is 2.89 bits per heavy atom. The van der Waals surface area contributed by atoms with E-state index in [1.807, 2.05) is 12.1 Å². The largest absolute Gasteiger partial charge is 0.508 e. The lowest BCUT2D eigenvalue weighted by molar-refractivity contribution is 0.101. The number of piperidine rings is 1. The number of phenols is 1. The van der Waals surface area contributed by atoms with E-state index in [0.717, 1.165) is 23.1 Å². The fraction of sp³-hybridized carbons (Fsp3) is 0.600. The zero-order valence-electron chi connectivity index (χ0n) is 11.9. The summed E-state index contributed by atoms with van der Waals surface area (Å²) in [5.41, 5.74) is 1.15. The Hall–Kier alpha value is -0.580. The van der Waals surface area contributed by atoms with E-state index in [1.54, 1.807) is 6.07 Å². The second-order valence-electron chi connectivity index (χ2n) is 5.70. The van der Waals surface area contributed by atoms with E-state index in [-0.39, 0.29) is 0 Å². The van der Waals surface area contributed by atoms with Crippen LogP contribution in [0.15, 0.2) is 22.7 Å². The standard InChI is InChI=1S/C15H23BrN2O/c1-11-8-13(6-7-17(11)2)18(3)10-12-9-14(19)4-5-15(12)16/h4-5,9,11,13,19H,6-8,10H2,1-3H3/t11-,13+/m1/s1. The Morgan fingerprint density at radius 2 is 2.21 bits per heavy atom. The van der Waals surface area contributed by atoms with Crippen molar-refractivity contribution in [3.63, 3.8) is 0 Å². The van der Waals surface area contributed by atoms with Crippen LogP contribution in [0.5, 0.6) is 5.75 Å². The minimum absolute atomic E-state index is 0.336. The molecule has 0 aliphatic carbocycles. The fourth-order valence-corrected chi connectivity index (χ4v) is 3.12. The summed E-state index contributed by atoms with van der Waals surface area (Å²) in [5.74, 6) is 0.336. The molecule has 0 saturated carbocycles. The van der Waals surface area contributed by atoms with Crippen molar-refractivity contribution < 1.29 is 5.11 Å². The number of phenolic OH excluding ortho intramolecular Hbond substituents is 1. The molecule has 2 rings (SSSR count). The molecule has 1 N–H and O–H groups in total. The van der Waals surface area contributed by atoms with E-state index in [4.69, 9.17) is 0 Å². The molecule has 2 atom stereocenters. The number of rotatable bonds is 3. The van der Waals surface area contributed by atoms with Gasteiger partial charge in [0.2, 0.25) is 0 Å². The summed E-state index contributed by atoms with van der Waals surface area (Å²) in [6.45, 7) is 4.33. The van der Waals surface area contributed by atoms with Gasteiger partial charge in [-0.05, 0) is 64.2 Å². The molecule has 1 saturated heterocycles. The molecular weight excluding hydrogens is 304 g/mol. The van der Waals surface area contributed by atoms with Crippen LogP contribution >= 0.6 is 15.9 Å². The van der Waals surface area contributed by atoms with Crippen molar-refractivity contribution in [3.8, 4) is 5.75 Å². The Balaban J connectivity index is 2.01. The highest BCUT2D eigenvalue weighted by atomic mass is 79.9. The average molecular weight is 327 g/mol. The first-order valence-corrected chi connectivity index (χ1v) is 7.64. The van der Waals surface area contributed by atoms with Crippen LogP contribution in [0.3, 0.4) is 0 Å². The number of hydrogen-bond acceptors (Lipinski definition) is 3. The Morgan fingerprint density at radius 1 is 1.47 bits per heavy atom. The number of benzene rings is 1. The number of nitrogens with zero attached hydrogens (tertiary/aromatic N) is 2. The first kappa shape index (κ1) is 14.8. The summed E-state index contributed by atoms with van der Waals surface area (Å²) in [6.07, 6.45) is 2.43. The molecule has 4 heteroatoms. The van der Waals surface area contributed by atoms with Gasteiger partial charge in [-0.2, -0.15) is 0 Å². The fourth-order valence-electron chi connectivity index (χ4n) is 2.75. The van der Waals surface area contributed by atoms with Crippen LogP contribution in [0.2, 0.25) is 0 Å². The van der Waals surface area contributed by atoms with Crippen molar-refractivity contribution in [1.82, 2.24) is 9.80 Å². The summed E-state index contributed by atoms with van der Waals surface area (Å²) in [5, 5.41) is 9.59. The molecule has 19 heavy (non-hydrogen) atoms. The van der Waals surface area contributed by atoms with Crippen molar-refractivity contribution in [3.05, 3.63) is 28.2 Å². The van der Waals surface area contributed by atoms with Crippen LogP contribution < -0.4 is 0 Å². The highest BCUT2D eigenvalue weighted by molar-refractivity contribution is 9.10. The summed E-state index contributed by atoms with van der Waals surface area (Å²) < 4.78 is 1.07. The predicted octanol–water partition coefficient (Wildman–Crippen LogP) is 3.07. The van der Waals surface area contributed by atoms with Gasteiger partial charge in [-0.3, -0.25) is 4.90 Å². The topological polar surface area (TPSA) is 26.7 Å². The maximum Gasteiger partial charge on any atom is 0.115 e. The molecule has 3 nitrogen and oxygen atoms in total. The number of aromatic hydroxyl groups is 1. The van der Waals surface area contributed by atoms with Gasteiger partial charge in [0.05, 0.1) is 0 Å². The van der Waals surface area contributed by atoms with Crippen LogP contribution in [-0.4, -0.2) is 47.6 Å². The molecule has 0 radical (unpaired) electrons. The molecular formula is C15H23BrN2O. The van der Waals surface area contributed by atoms with Gasteiger partial charge >= 0.3 is 0 Å². The van der Waals surface area contributed by atoms with Crippen LogP contribution in [0.1, 0.15) is 25.3 Å². The van der Waals surface area contributed by atoms with Gasteiger partial charge in [-0.1, -0.05) is 15.9 Å². The second kappa shape index (κ2) is 6.25. The van der Waals surface area contributed by atoms with E-state index in [9.17, 15) is 5.11 Å². The lowest BCUT2D eigenvalue weighted by Gasteiger charge is -2.39. The molecule has 0 amide bonds. The molecule has 1 fully saturated rings. The molecule has 106 valence electrons. The zero-order valence-corrected chi connectivity index (χ0v) is 13.5. The predicted molar refractivity (Wildman–Crippen MR) is 82.4 cm³/mol. The molecule has 0 unspecified atom stereocenters. The smallest absolute Gasteiger partial charge is 0.115 e. The van der Waals surface area contributed by atoms with Crippen LogP contribution in [-0.2, 0) is 6.54 Å². The van der Waals surface area contributed by atoms with Gasteiger partial charge in [0.25, 0.3) is 0 Å². The number of halogens is 1. The highest BCUT2D eigenvalue weighted by Crippen LogP contribution is 2.26. The zero-order chi connectivity index (χ0) is 14.0. The van der Waals surface area contributed by atoms with Gasteiger partial charge in [0.1, 0.15) is 5.75 Å². The van der Waals surface area contributed by atoms with Crippen molar-refractivity contribution in [2.45, 2.75) is 38.4 Å². The van der Waals surface area contributed by atoms with Crippen LogP contribution in [0, 0.1) is 0 Å². The maximum absolute atomic E-state index is 9.59. The van der Waals surface area contributed by atoms with Crippen LogP contribution in [0.4, 0.5) is 0 Å². The van der Waals surface area contributed by atoms with Gasteiger partial charge in [-0.15, -0.1) is 0 Å². The monoisotopic (exact) mass is 326 g/mol. The highest BCUT2D eigenvalue weighted by Gasteiger charge is 2.25. The molecule has 1 aromatic rings. The molecule has 1 heterocycles. The Labute approximate surface area is 124 Å². The average Bonchev–Trinajstić information content (AvgIpc) is 2.37. The van der Waals surface area contributed by atoms with Gasteiger partial charge in [0.15, 0.2) is 0 Å². The lowest BCUT2D eigenvalue weighted by Crippen LogP contribution is -2.46. The molecule has 1 aromatic carbocycles. The van der Waals surface area contributed by atoms with E-state index < -0.39 is 0 Å². The van der Waals surface area contributed by atoms with Crippen LogP contribution in [0.25, 0.3) is 0 Å². The third-order valence-electron chi connectivity index (χ3n) is 4.25. The van der Waals surface area contributed by atoms with E-state index >= 15 is 0 Å². The van der Waals surface area contributed by atoms with Crippen molar-refractivity contribution in [1.29, 1.82) is 0 Å². The normalized spacial score (nSPS) is 24.9. The van der Waals surface area contributed by atoms with E-state index in [2.05, 4.69) is 46.7 Å². The lowest BCUT2D eigenvalue weighted by atomic mass is 9.97. The summed E-state index contributed by atoms with van der Waals surface area (Å²) in [6, 6.07) is 6.74. The molecule has 1 aliphatic rings. The van der Waals surface area contributed by atoms with Gasteiger partial charge in [-0.25, -0.2) is 0 Å². The summed E-state index contributed by atoms with van der Waals surface area (Å²) >= 11 is 3.56. The molecule has 0 spiro atoms. The third kappa shape index (κ3) is 3.71. The van der Waals surface area contributed by atoms with E-state index in [1.165, 1.54) is 12.8 Å². The Kier molecular flexibility index (Phi) is 4.87. The quantitative estimate of drug-likeness (QED) is 0.924. The molecule has 1 aliphatic heterocycles. The van der Waals surface area contributed by atoms with E-state index in [0.29, 0.717) is 17.8 Å². The second-order valence-corrected chi connectivity index (χ2v) is 6.55. The molecule has 0 bridgehead atoms. The van der Waals surface area contributed by atoms with Crippen molar-refractivity contribution in [2.24, 2.45) is 0 Å². The summed E-state index contributed by atoms with van der Waals surface area (Å²) in [7, 11) is 4.38. The van der Waals surface area contributed by atoms with Gasteiger partial charge in [0, 0.05) is 23.1 Å². The third-order valence-corrected chi connectivity index (χ3v) is 5.03. The Bertz CT molecular complexity index is 438. The van der Waals surface area contributed by atoms with Crippen molar-refractivity contribution in [2.75, 3.05) is 20.6 Å². The minimum Gasteiger partial charge on any atom is -0.508 e. The first-order valence-electron chi connectivity index (χ1n) is 6.85. The SMILES string of the molecule is C[C@@H]1C[C@@H](N(C)Cc2cc(O)ccc2Br)CCN1C.